The van der Waals surface area contributed by atoms with Gasteiger partial charge in [-0.1, -0.05) is 42.5 Å². The highest BCUT2D eigenvalue weighted by atomic mass is 32.2. The summed E-state index contributed by atoms with van der Waals surface area (Å²) in [6, 6.07) is 19.0. The predicted octanol–water partition coefficient (Wildman–Crippen LogP) is 4.05. The number of nitrogens with one attached hydrogen (secondary N) is 1. The van der Waals surface area contributed by atoms with E-state index >= 15 is 0 Å². The van der Waals surface area contributed by atoms with Crippen LogP contribution in [-0.2, 0) is 11.3 Å². The molecule has 1 atom stereocenters. The molecule has 2 aliphatic rings. The molecule has 0 aromatic heterocycles. The van der Waals surface area contributed by atoms with Crippen molar-refractivity contribution >= 4 is 17.7 Å². The average Bonchev–Trinajstić information content (AvgIpc) is 3.01. The smallest absolute Gasteiger partial charge is 0.228 e. The molecule has 2 fully saturated rings. The topological polar surface area (TPSA) is 32.3 Å². The van der Waals surface area contributed by atoms with Crippen LogP contribution in [0.25, 0.3) is 0 Å². The van der Waals surface area contributed by atoms with Gasteiger partial charge in [-0.3, -0.25) is 9.69 Å². The lowest BCUT2D eigenvalue weighted by Crippen LogP contribution is -2.50. The van der Waals surface area contributed by atoms with Gasteiger partial charge in [0.1, 0.15) is 0 Å². The number of nitrogens with zero attached hydrogens (tertiary/aromatic N) is 1. The minimum absolute atomic E-state index is 0.00475. The first kappa shape index (κ1) is 17.6. The second-order valence-corrected chi connectivity index (χ2v) is 8.44. The van der Waals surface area contributed by atoms with Crippen molar-refractivity contribution < 1.29 is 4.79 Å². The monoisotopic (exact) mass is 366 g/mol. The van der Waals surface area contributed by atoms with Gasteiger partial charge in [-0.2, -0.15) is 0 Å². The molecular formula is C22H26N2OS. The molecule has 2 saturated heterocycles. The summed E-state index contributed by atoms with van der Waals surface area (Å²) in [4.78, 5) is 16.4. The molecule has 1 spiro atoms. The Labute approximate surface area is 160 Å². The van der Waals surface area contributed by atoms with Gasteiger partial charge >= 0.3 is 0 Å². The minimum atomic E-state index is -0.00475. The van der Waals surface area contributed by atoms with E-state index in [2.05, 4.69) is 52.9 Å². The van der Waals surface area contributed by atoms with Crippen molar-refractivity contribution in [2.24, 2.45) is 0 Å². The van der Waals surface area contributed by atoms with Gasteiger partial charge in [0.25, 0.3) is 0 Å². The van der Waals surface area contributed by atoms with Gasteiger partial charge in [-0.05, 0) is 48.8 Å². The zero-order chi connectivity index (χ0) is 18.0. The first-order valence-corrected chi connectivity index (χ1v) is 10.6. The van der Waals surface area contributed by atoms with Crippen LogP contribution in [0.5, 0.6) is 0 Å². The van der Waals surface area contributed by atoms with Gasteiger partial charge in [-0.15, -0.1) is 11.8 Å². The zero-order valence-corrected chi connectivity index (χ0v) is 16.1. The average molecular weight is 367 g/mol. The summed E-state index contributed by atoms with van der Waals surface area (Å²) in [6.07, 6.45) is 5.15. The summed E-state index contributed by atoms with van der Waals surface area (Å²) in [7, 11) is 0. The van der Waals surface area contributed by atoms with Gasteiger partial charge in [0.05, 0.1) is 5.92 Å². The maximum atomic E-state index is 12.6. The fourth-order valence-corrected chi connectivity index (χ4v) is 4.82. The van der Waals surface area contributed by atoms with Gasteiger partial charge in [0.15, 0.2) is 0 Å². The van der Waals surface area contributed by atoms with Crippen molar-refractivity contribution in [3.8, 4) is 0 Å². The highest BCUT2D eigenvalue weighted by molar-refractivity contribution is 7.98. The van der Waals surface area contributed by atoms with E-state index in [9.17, 15) is 4.79 Å². The number of hydrogen-bond donors (Lipinski definition) is 1. The van der Waals surface area contributed by atoms with Crippen LogP contribution >= 0.6 is 11.8 Å². The van der Waals surface area contributed by atoms with E-state index in [0.717, 1.165) is 44.5 Å². The molecule has 0 bridgehead atoms. The number of piperidine rings is 1. The Morgan fingerprint density at radius 2 is 1.88 bits per heavy atom. The molecule has 0 radical (unpaired) electrons. The molecule has 0 saturated carbocycles. The van der Waals surface area contributed by atoms with E-state index in [1.165, 1.54) is 10.5 Å². The molecule has 136 valence electrons. The third-order valence-electron chi connectivity index (χ3n) is 5.86. The number of benzene rings is 2. The van der Waals surface area contributed by atoms with Crippen LogP contribution in [0, 0.1) is 0 Å². The Kier molecular flexibility index (Phi) is 5.05. The third kappa shape index (κ3) is 3.67. The van der Waals surface area contributed by atoms with Crippen molar-refractivity contribution in [2.45, 2.75) is 42.2 Å². The fraction of sp³-hybridized carbons (Fsp3) is 0.409. The maximum Gasteiger partial charge on any atom is 0.228 e. The third-order valence-corrected chi connectivity index (χ3v) is 6.58. The van der Waals surface area contributed by atoms with Crippen LogP contribution in [0.4, 0.5) is 0 Å². The lowest BCUT2D eigenvalue weighted by Gasteiger charge is -2.39. The number of likely N-dealkylation sites (tertiary alicyclic amines) is 1. The molecule has 2 aliphatic heterocycles. The predicted molar refractivity (Wildman–Crippen MR) is 107 cm³/mol. The van der Waals surface area contributed by atoms with Crippen molar-refractivity contribution in [3.63, 3.8) is 0 Å². The van der Waals surface area contributed by atoms with Crippen molar-refractivity contribution in [1.29, 1.82) is 0 Å². The minimum Gasteiger partial charge on any atom is -0.350 e. The summed E-state index contributed by atoms with van der Waals surface area (Å²) in [6.45, 7) is 3.09. The number of hydrogen-bond acceptors (Lipinski definition) is 3. The molecule has 4 rings (SSSR count). The fourth-order valence-electron chi connectivity index (χ4n) is 4.33. The Morgan fingerprint density at radius 1 is 1.12 bits per heavy atom. The second-order valence-electron chi connectivity index (χ2n) is 7.56. The highest BCUT2D eigenvalue weighted by Crippen LogP contribution is 2.39. The summed E-state index contributed by atoms with van der Waals surface area (Å²) in [5.41, 5.74) is 2.53. The Bertz CT molecular complexity index is 769. The SMILES string of the molecule is CSc1cccc(CN2CCC3(CC2)C[C@H](c2ccccc2)C(=O)N3)c1. The molecule has 2 heterocycles. The molecular weight excluding hydrogens is 340 g/mol. The standard InChI is InChI=1S/C22H26N2OS/c1-26-19-9-5-6-17(14-19)16-24-12-10-22(11-13-24)15-20(21(25)23-22)18-7-3-2-4-8-18/h2-9,14,20H,10-13,15-16H2,1H3,(H,23,25)/t20-/m1/s1. The number of amides is 1. The zero-order valence-electron chi connectivity index (χ0n) is 15.3. The van der Waals surface area contributed by atoms with Crippen molar-refractivity contribution in [2.75, 3.05) is 19.3 Å². The van der Waals surface area contributed by atoms with E-state index in [4.69, 9.17) is 0 Å². The van der Waals surface area contributed by atoms with Crippen LogP contribution in [-0.4, -0.2) is 35.7 Å². The Morgan fingerprint density at radius 3 is 2.62 bits per heavy atom. The first-order valence-electron chi connectivity index (χ1n) is 9.40. The molecule has 0 unspecified atom stereocenters. The maximum absolute atomic E-state index is 12.6. The van der Waals surface area contributed by atoms with E-state index in [-0.39, 0.29) is 17.4 Å². The first-order chi connectivity index (χ1) is 12.7. The van der Waals surface area contributed by atoms with Gasteiger partial charge in [0.2, 0.25) is 5.91 Å². The summed E-state index contributed by atoms with van der Waals surface area (Å²) < 4.78 is 0. The lowest BCUT2D eigenvalue weighted by atomic mass is 9.82. The molecule has 2 aromatic rings. The normalized spacial score (nSPS) is 22.5. The van der Waals surface area contributed by atoms with Crippen LogP contribution in [0.15, 0.2) is 59.5 Å². The largest absolute Gasteiger partial charge is 0.350 e. The summed E-state index contributed by atoms with van der Waals surface area (Å²) in [5.74, 6) is 0.221. The summed E-state index contributed by atoms with van der Waals surface area (Å²) in [5, 5.41) is 3.35. The molecule has 4 heteroatoms. The summed E-state index contributed by atoms with van der Waals surface area (Å²) >= 11 is 1.79. The van der Waals surface area contributed by atoms with Gasteiger partial charge in [0, 0.05) is 30.1 Å². The quantitative estimate of drug-likeness (QED) is 0.829. The molecule has 2 aromatic carbocycles. The van der Waals surface area contributed by atoms with Crippen LogP contribution in [0.3, 0.4) is 0 Å². The van der Waals surface area contributed by atoms with E-state index in [1.807, 2.05) is 18.2 Å². The van der Waals surface area contributed by atoms with E-state index < -0.39 is 0 Å². The van der Waals surface area contributed by atoms with E-state index in [1.54, 1.807) is 11.8 Å². The second kappa shape index (κ2) is 7.45. The van der Waals surface area contributed by atoms with E-state index in [0.29, 0.717) is 0 Å². The Balaban J connectivity index is 1.38. The molecule has 3 nitrogen and oxygen atoms in total. The van der Waals surface area contributed by atoms with Gasteiger partial charge in [-0.25, -0.2) is 0 Å². The van der Waals surface area contributed by atoms with Crippen molar-refractivity contribution in [1.82, 2.24) is 10.2 Å². The highest BCUT2D eigenvalue weighted by Gasteiger charge is 2.45. The number of thioether (sulfide) groups is 1. The number of carbonyl (C=O) groups is 1. The number of rotatable bonds is 4. The van der Waals surface area contributed by atoms with Gasteiger partial charge < -0.3 is 5.32 Å². The van der Waals surface area contributed by atoms with Crippen LogP contribution in [0.1, 0.15) is 36.3 Å². The molecule has 1 N–H and O–H groups in total. The Hall–Kier alpha value is -1.78. The molecule has 26 heavy (non-hydrogen) atoms. The number of carbonyl (C=O) groups excluding carboxylic acids is 1. The van der Waals surface area contributed by atoms with Crippen LogP contribution in [0.2, 0.25) is 0 Å². The van der Waals surface area contributed by atoms with Crippen molar-refractivity contribution in [3.05, 3.63) is 65.7 Å². The molecule has 0 aliphatic carbocycles. The lowest BCUT2D eigenvalue weighted by molar-refractivity contribution is -0.121. The molecule has 1 amide bonds. The van der Waals surface area contributed by atoms with Crippen LogP contribution < -0.4 is 5.32 Å².